The van der Waals surface area contributed by atoms with Crippen molar-refractivity contribution in [1.29, 1.82) is 0 Å². The molecule has 0 aliphatic rings. The second-order valence-corrected chi connectivity index (χ2v) is 3.34. The number of aromatic nitrogens is 2. The van der Waals surface area contributed by atoms with Crippen molar-refractivity contribution in [3.05, 3.63) is 12.5 Å². The number of anilines is 1. The van der Waals surface area contributed by atoms with Crippen LogP contribution >= 0.6 is 0 Å². The number of nitrogen functional groups attached to an aromatic ring is 1. The molecule has 0 aliphatic heterocycles. The largest absolute Gasteiger partial charge is 0.382 e. The lowest BCUT2D eigenvalue weighted by Gasteiger charge is -2.05. The van der Waals surface area contributed by atoms with Gasteiger partial charge in [-0.25, -0.2) is 4.98 Å². The van der Waals surface area contributed by atoms with Gasteiger partial charge in [0, 0.05) is 32.5 Å². The molecule has 1 rings (SSSR count). The first-order chi connectivity index (χ1) is 7.33. The average molecular weight is 212 g/mol. The predicted octanol–water partition coefficient (Wildman–Crippen LogP) is 0.481. The summed E-state index contributed by atoms with van der Waals surface area (Å²) in [6, 6.07) is 0. The highest BCUT2D eigenvalue weighted by Gasteiger charge is 1.93. The monoisotopic (exact) mass is 212 g/mol. The molecule has 1 heterocycles. The standard InChI is InChI=1S/C10H20N4O/c1-2-15-7-3-4-12-5-6-14-8-10(11)13-9-14/h8-9,12H,2-7,11H2,1H3. The molecule has 5 nitrogen and oxygen atoms in total. The van der Waals surface area contributed by atoms with Gasteiger partial charge in [0.2, 0.25) is 0 Å². The Labute approximate surface area is 90.6 Å². The lowest BCUT2D eigenvalue weighted by molar-refractivity contribution is 0.145. The van der Waals surface area contributed by atoms with Crippen molar-refractivity contribution in [1.82, 2.24) is 14.9 Å². The summed E-state index contributed by atoms with van der Waals surface area (Å²) in [7, 11) is 0. The molecule has 0 saturated carbocycles. The Morgan fingerprint density at radius 3 is 3.07 bits per heavy atom. The molecular weight excluding hydrogens is 192 g/mol. The number of hydrogen-bond acceptors (Lipinski definition) is 4. The van der Waals surface area contributed by atoms with Crippen LogP contribution in [0.1, 0.15) is 13.3 Å². The molecule has 0 aromatic carbocycles. The van der Waals surface area contributed by atoms with Gasteiger partial charge in [0.15, 0.2) is 0 Å². The zero-order valence-electron chi connectivity index (χ0n) is 9.28. The van der Waals surface area contributed by atoms with Crippen LogP contribution in [0.2, 0.25) is 0 Å². The summed E-state index contributed by atoms with van der Waals surface area (Å²) in [5.74, 6) is 0.575. The molecule has 0 saturated heterocycles. The minimum Gasteiger partial charge on any atom is -0.382 e. The van der Waals surface area contributed by atoms with Crippen LogP contribution in [0.5, 0.6) is 0 Å². The quantitative estimate of drug-likeness (QED) is 0.615. The normalized spacial score (nSPS) is 10.7. The third kappa shape index (κ3) is 5.39. The van der Waals surface area contributed by atoms with Gasteiger partial charge >= 0.3 is 0 Å². The van der Waals surface area contributed by atoms with E-state index in [1.54, 1.807) is 6.33 Å². The van der Waals surface area contributed by atoms with Gasteiger partial charge in [0.25, 0.3) is 0 Å². The van der Waals surface area contributed by atoms with E-state index in [1.165, 1.54) is 0 Å². The van der Waals surface area contributed by atoms with Crippen molar-refractivity contribution in [3.8, 4) is 0 Å². The first-order valence-corrected chi connectivity index (χ1v) is 5.38. The summed E-state index contributed by atoms with van der Waals surface area (Å²) < 4.78 is 7.21. The lowest BCUT2D eigenvalue weighted by atomic mass is 10.4. The van der Waals surface area contributed by atoms with Gasteiger partial charge < -0.3 is 20.4 Å². The van der Waals surface area contributed by atoms with Gasteiger partial charge in [0.1, 0.15) is 5.82 Å². The molecule has 0 aliphatic carbocycles. The molecule has 15 heavy (non-hydrogen) atoms. The summed E-state index contributed by atoms with van der Waals surface area (Å²) in [4.78, 5) is 3.95. The molecular formula is C10H20N4O. The highest BCUT2D eigenvalue weighted by molar-refractivity contribution is 5.22. The number of rotatable bonds is 8. The molecule has 3 N–H and O–H groups in total. The molecule has 0 atom stereocenters. The van der Waals surface area contributed by atoms with Crippen LogP contribution in [-0.2, 0) is 11.3 Å². The lowest BCUT2D eigenvalue weighted by Crippen LogP contribution is -2.21. The molecule has 5 heteroatoms. The maximum Gasteiger partial charge on any atom is 0.141 e. The van der Waals surface area contributed by atoms with Crippen molar-refractivity contribution in [2.24, 2.45) is 0 Å². The highest BCUT2D eigenvalue weighted by atomic mass is 16.5. The van der Waals surface area contributed by atoms with Gasteiger partial charge in [-0.3, -0.25) is 0 Å². The minimum absolute atomic E-state index is 0.575. The third-order valence-corrected chi connectivity index (χ3v) is 2.05. The maximum atomic E-state index is 5.49. The average Bonchev–Trinajstić information content (AvgIpc) is 2.63. The summed E-state index contributed by atoms with van der Waals surface area (Å²) >= 11 is 0. The van der Waals surface area contributed by atoms with E-state index < -0.39 is 0 Å². The molecule has 86 valence electrons. The smallest absolute Gasteiger partial charge is 0.141 e. The second-order valence-electron chi connectivity index (χ2n) is 3.34. The first kappa shape index (κ1) is 12.0. The molecule has 0 radical (unpaired) electrons. The Morgan fingerprint density at radius 1 is 1.53 bits per heavy atom. The molecule has 0 spiro atoms. The number of nitrogens with zero attached hydrogens (tertiary/aromatic N) is 2. The fraction of sp³-hybridized carbons (Fsp3) is 0.700. The van der Waals surface area contributed by atoms with Crippen LogP contribution in [-0.4, -0.2) is 35.9 Å². The highest BCUT2D eigenvalue weighted by Crippen LogP contribution is 1.94. The van der Waals surface area contributed by atoms with Crippen LogP contribution in [0.3, 0.4) is 0 Å². The zero-order valence-corrected chi connectivity index (χ0v) is 9.28. The van der Waals surface area contributed by atoms with Crippen molar-refractivity contribution >= 4 is 5.82 Å². The number of imidazole rings is 1. The fourth-order valence-corrected chi connectivity index (χ4v) is 1.28. The molecule has 1 aromatic rings. The Morgan fingerprint density at radius 2 is 2.40 bits per heavy atom. The Balaban J connectivity index is 1.93. The topological polar surface area (TPSA) is 65.1 Å². The van der Waals surface area contributed by atoms with Crippen molar-refractivity contribution in [3.63, 3.8) is 0 Å². The van der Waals surface area contributed by atoms with Crippen LogP contribution in [0.4, 0.5) is 5.82 Å². The van der Waals surface area contributed by atoms with Gasteiger partial charge in [-0.2, -0.15) is 0 Å². The number of hydrogen-bond donors (Lipinski definition) is 2. The summed E-state index contributed by atoms with van der Waals surface area (Å²) in [5, 5.41) is 3.33. The predicted molar refractivity (Wildman–Crippen MR) is 60.6 cm³/mol. The SMILES string of the molecule is CCOCCCNCCn1cnc(N)c1. The zero-order chi connectivity index (χ0) is 10.9. The van der Waals surface area contributed by atoms with E-state index in [1.807, 2.05) is 17.7 Å². The molecule has 0 unspecified atom stereocenters. The number of ether oxygens (including phenoxy) is 1. The van der Waals surface area contributed by atoms with Crippen molar-refractivity contribution in [2.75, 3.05) is 32.0 Å². The van der Waals surface area contributed by atoms with Gasteiger partial charge in [-0.15, -0.1) is 0 Å². The van der Waals surface area contributed by atoms with Gasteiger partial charge in [-0.1, -0.05) is 0 Å². The van der Waals surface area contributed by atoms with E-state index in [2.05, 4.69) is 10.3 Å². The Hall–Kier alpha value is -1.07. The fourth-order valence-electron chi connectivity index (χ4n) is 1.28. The van der Waals surface area contributed by atoms with Crippen LogP contribution in [0.25, 0.3) is 0 Å². The van der Waals surface area contributed by atoms with E-state index in [0.29, 0.717) is 5.82 Å². The van der Waals surface area contributed by atoms with E-state index in [9.17, 15) is 0 Å². The Bertz CT molecular complexity index is 262. The minimum atomic E-state index is 0.575. The number of nitrogens with two attached hydrogens (primary N) is 1. The van der Waals surface area contributed by atoms with Gasteiger partial charge in [0.05, 0.1) is 6.33 Å². The summed E-state index contributed by atoms with van der Waals surface area (Å²) in [5.41, 5.74) is 5.49. The molecule has 0 fully saturated rings. The van der Waals surface area contributed by atoms with E-state index in [0.717, 1.165) is 39.3 Å². The van der Waals surface area contributed by atoms with Crippen LogP contribution in [0.15, 0.2) is 12.5 Å². The third-order valence-electron chi connectivity index (χ3n) is 2.05. The van der Waals surface area contributed by atoms with Crippen molar-refractivity contribution in [2.45, 2.75) is 19.9 Å². The summed E-state index contributed by atoms with van der Waals surface area (Å²) in [6.45, 7) is 6.47. The van der Waals surface area contributed by atoms with E-state index in [-0.39, 0.29) is 0 Å². The molecule has 0 bridgehead atoms. The Kier molecular flexibility index (Phi) is 5.80. The van der Waals surface area contributed by atoms with Gasteiger partial charge in [-0.05, 0) is 19.9 Å². The van der Waals surface area contributed by atoms with Crippen LogP contribution < -0.4 is 11.1 Å². The second kappa shape index (κ2) is 7.25. The van der Waals surface area contributed by atoms with E-state index >= 15 is 0 Å². The summed E-state index contributed by atoms with van der Waals surface area (Å²) in [6.07, 6.45) is 4.64. The first-order valence-electron chi connectivity index (χ1n) is 5.38. The molecule has 0 amide bonds. The molecule has 1 aromatic heterocycles. The van der Waals surface area contributed by atoms with Crippen LogP contribution in [0, 0.1) is 0 Å². The van der Waals surface area contributed by atoms with Crippen molar-refractivity contribution < 1.29 is 4.74 Å². The maximum absolute atomic E-state index is 5.49. The van der Waals surface area contributed by atoms with E-state index in [4.69, 9.17) is 10.5 Å². The number of nitrogens with one attached hydrogen (secondary N) is 1.